The van der Waals surface area contributed by atoms with Crippen molar-refractivity contribution >= 4 is 28.4 Å². The van der Waals surface area contributed by atoms with E-state index in [2.05, 4.69) is 10.1 Å². The molecule has 13 heteroatoms. The quantitative estimate of drug-likeness (QED) is 0.616. The van der Waals surface area contributed by atoms with Crippen LogP contribution in [-0.4, -0.2) is 70.8 Å². The number of sulfonamides is 1. The van der Waals surface area contributed by atoms with Crippen molar-refractivity contribution in [3.05, 3.63) is 17.9 Å². The Bertz CT molecular complexity index is 720. The summed E-state index contributed by atoms with van der Waals surface area (Å²) in [4.78, 5) is 12.7. The lowest BCUT2D eigenvalue weighted by Crippen LogP contribution is -2.57. The number of halogens is 4. The van der Waals surface area contributed by atoms with Gasteiger partial charge in [-0.1, -0.05) is 0 Å². The number of hydrogen-bond donors (Lipinski definition) is 2. The number of esters is 1. The van der Waals surface area contributed by atoms with Crippen molar-refractivity contribution in [3.8, 4) is 0 Å². The lowest BCUT2D eigenvalue weighted by atomic mass is 10.2. The molecular weight excluding hydrogens is 415 g/mol. The van der Waals surface area contributed by atoms with Gasteiger partial charge in [-0.25, -0.2) is 17.9 Å². The van der Waals surface area contributed by atoms with Gasteiger partial charge in [0.2, 0.25) is 10.9 Å². The van der Waals surface area contributed by atoms with Crippen LogP contribution in [0.3, 0.4) is 0 Å². The number of carbonyl (C=O) groups excluding carboxylic acids is 1. The summed E-state index contributed by atoms with van der Waals surface area (Å²) >= 11 is 0. The molecule has 0 saturated carbocycles. The van der Waals surface area contributed by atoms with Gasteiger partial charge in [-0.3, -0.25) is 4.90 Å². The Morgan fingerprint density at radius 1 is 1.37 bits per heavy atom. The van der Waals surface area contributed by atoms with Crippen LogP contribution >= 0.6 is 12.4 Å². The number of furan rings is 1. The van der Waals surface area contributed by atoms with Crippen LogP contribution in [0.15, 0.2) is 21.6 Å². The van der Waals surface area contributed by atoms with Gasteiger partial charge in [-0.2, -0.15) is 13.2 Å². The molecule has 0 spiro atoms. The van der Waals surface area contributed by atoms with Crippen LogP contribution in [0.2, 0.25) is 0 Å². The fraction of sp³-hybridized carbons (Fsp3) is 0.643. The van der Waals surface area contributed by atoms with Crippen molar-refractivity contribution in [2.24, 2.45) is 0 Å². The van der Waals surface area contributed by atoms with Crippen molar-refractivity contribution in [1.29, 1.82) is 0 Å². The van der Waals surface area contributed by atoms with Gasteiger partial charge in [0.1, 0.15) is 6.04 Å². The molecule has 1 unspecified atom stereocenters. The average molecular weight is 436 g/mol. The van der Waals surface area contributed by atoms with Crippen LogP contribution in [0, 0.1) is 0 Å². The third kappa shape index (κ3) is 6.35. The van der Waals surface area contributed by atoms with Gasteiger partial charge in [-0.05, 0) is 19.1 Å². The van der Waals surface area contributed by atoms with E-state index in [1.165, 1.54) is 4.90 Å². The Morgan fingerprint density at radius 3 is 2.56 bits per heavy atom. The summed E-state index contributed by atoms with van der Waals surface area (Å²) in [5.41, 5.74) is 0. The van der Waals surface area contributed by atoms with E-state index in [1.807, 2.05) is 4.72 Å². The number of nitrogens with zero attached hydrogens (tertiary/aromatic N) is 1. The minimum atomic E-state index is -4.60. The molecule has 2 heterocycles. The zero-order chi connectivity index (χ0) is 19.4. The van der Waals surface area contributed by atoms with Crippen LogP contribution in [0.1, 0.15) is 17.5 Å². The summed E-state index contributed by atoms with van der Waals surface area (Å²) in [6, 6.07) is 0.116. The van der Waals surface area contributed by atoms with E-state index in [4.69, 9.17) is 4.42 Å². The fourth-order valence-corrected chi connectivity index (χ4v) is 3.45. The Morgan fingerprint density at radius 2 is 2.00 bits per heavy atom. The van der Waals surface area contributed by atoms with Gasteiger partial charge in [0.05, 0.1) is 6.61 Å². The second kappa shape index (κ2) is 9.73. The van der Waals surface area contributed by atoms with Gasteiger partial charge >= 0.3 is 12.1 Å². The van der Waals surface area contributed by atoms with E-state index in [9.17, 15) is 26.4 Å². The highest BCUT2D eigenvalue weighted by molar-refractivity contribution is 7.89. The molecule has 0 bridgehead atoms. The SMILES string of the molecule is CCOC(=O)c1ccc(S(=O)(=O)NCC(N2CCNCC2)C(F)(F)F)o1.Cl. The predicted molar refractivity (Wildman–Crippen MR) is 91.4 cm³/mol. The van der Waals surface area contributed by atoms with Crippen LogP contribution in [0.5, 0.6) is 0 Å². The van der Waals surface area contributed by atoms with Crippen molar-refractivity contribution < 1.29 is 35.5 Å². The van der Waals surface area contributed by atoms with Crippen molar-refractivity contribution in [2.75, 3.05) is 39.3 Å². The smallest absolute Gasteiger partial charge is 0.405 e. The molecule has 2 N–H and O–H groups in total. The molecule has 27 heavy (non-hydrogen) atoms. The zero-order valence-corrected chi connectivity index (χ0v) is 16.0. The summed E-state index contributed by atoms with van der Waals surface area (Å²) in [5.74, 6) is -1.20. The molecular formula is C14H21ClF3N3O5S. The molecule has 1 saturated heterocycles. The number of nitrogens with one attached hydrogen (secondary N) is 2. The molecule has 0 aromatic carbocycles. The van der Waals surface area contributed by atoms with E-state index in [-0.39, 0.29) is 37.9 Å². The second-order valence-electron chi connectivity index (χ2n) is 5.53. The Balaban J connectivity index is 0.00000364. The Labute approximate surface area is 160 Å². The molecule has 0 amide bonds. The van der Waals surface area contributed by atoms with Gasteiger partial charge in [0.25, 0.3) is 10.0 Å². The maximum Gasteiger partial charge on any atom is 0.405 e. The maximum atomic E-state index is 13.3. The predicted octanol–water partition coefficient (Wildman–Crippen LogP) is 0.992. The summed E-state index contributed by atoms with van der Waals surface area (Å²) in [6.07, 6.45) is -4.60. The van der Waals surface area contributed by atoms with Gasteiger partial charge in [0, 0.05) is 32.7 Å². The van der Waals surface area contributed by atoms with Gasteiger partial charge in [0.15, 0.2) is 0 Å². The zero-order valence-electron chi connectivity index (χ0n) is 14.4. The minimum Gasteiger partial charge on any atom is -0.460 e. The molecule has 1 aromatic heterocycles. The highest BCUT2D eigenvalue weighted by atomic mass is 35.5. The van der Waals surface area contributed by atoms with Crippen molar-refractivity contribution in [3.63, 3.8) is 0 Å². The first kappa shape index (κ1) is 23.7. The second-order valence-corrected chi connectivity index (χ2v) is 7.23. The molecule has 1 aliphatic rings. The Kier molecular flexibility index (Phi) is 8.54. The number of alkyl halides is 3. The van der Waals surface area contributed by atoms with Gasteiger partial charge < -0.3 is 14.5 Å². The monoisotopic (exact) mass is 435 g/mol. The van der Waals surface area contributed by atoms with E-state index >= 15 is 0 Å². The topological polar surface area (TPSA) is 101 Å². The van der Waals surface area contributed by atoms with Gasteiger partial charge in [-0.15, -0.1) is 12.4 Å². The molecule has 1 aromatic rings. The maximum absolute atomic E-state index is 13.3. The lowest BCUT2D eigenvalue weighted by molar-refractivity contribution is -0.182. The molecule has 2 rings (SSSR count). The third-order valence-corrected chi connectivity index (χ3v) is 5.06. The molecule has 1 fully saturated rings. The molecule has 1 aliphatic heterocycles. The van der Waals surface area contributed by atoms with E-state index in [0.717, 1.165) is 12.1 Å². The number of carbonyl (C=O) groups is 1. The largest absolute Gasteiger partial charge is 0.460 e. The van der Waals surface area contributed by atoms with E-state index in [0.29, 0.717) is 13.1 Å². The van der Waals surface area contributed by atoms with E-state index in [1.54, 1.807) is 6.92 Å². The third-order valence-electron chi connectivity index (χ3n) is 3.76. The Hall–Kier alpha value is -1.34. The molecule has 1 atom stereocenters. The molecule has 0 aliphatic carbocycles. The average Bonchev–Trinajstić information content (AvgIpc) is 3.06. The van der Waals surface area contributed by atoms with Crippen LogP contribution in [0.4, 0.5) is 13.2 Å². The fourth-order valence-electron chi connectivity index (χ4n) is 2.48. The highest BCUT2D eigenvalue weighted by Gasteiger charge is 2.44. The molecule has 0 radical (unpaired) electrons. The first-order valence-corrected chi connectivity index (χ1v) is 9.41. The molecule has 156 valence electrons. The van der Waals surface area contributed by atoms with E-state index < -0.39 is 39.8 Å². The molecule has 8 nitrogen and oxygen atoms in total. The van der Waals surface area contributed by atoms with Crippen molar-refractivity contribution in [2.45, 2.75) is 24.2 Å². The highest BCUT2D eigenvalue weighted by Crippen LogP contribution is 2.25. The van der Waals surface area contributed by atoms with Crippen molar-refractivity contribution in [1.82, 2.24) is 14.9 Å². The summed E-state index contributed by atoms with van der Waals surface area (Å²) < 4.78 is 75.7. The number of hydrogen-bond acceptors (Lipinski definition) is 7. The summed E-state index contributed by atoms with van der Waals surface area (Å²) in [6.45, 7) is 1.85. The lowest BCUT2D eigenvalue weighted by Gasteiger charge is -2.35. The number of rotatable bonds is 7. The minimum absolute atomic E-state index is 0. The summed E-state index contributed by atoms with van der Waals surface area (Å²) in [7, 11) is -4.35. The number of ether oxygens (including phenoxy) is 1. The standard InChI is InChI=1S/C14H20F3N3O5S.ClH/c1-2-24-13(21)10-3-4-12(25-10)26(22,23)19-9-11(14(15,16)17)20-7-5-18-6-8-20;/h3-4,11,18-19H,2,5-9H2,1H3;1H. The van der Waals surface area contributed by atoms with Crippen LogP contribution in [-0.2, 0) is 14.8 Å². The van der Waals surface area contributed by atoms with Crippen LogP contribution in [0.25, 0.3) is 0 Å². The first-order chi connectivity index (χ1) is 12.1. The number of piperazine rings is 1. The first-order valence-electron chi connectivity index (χ1n) is 7.93. The normalized spacial score (nSPS) is 17.2. The van der Waals surface area contributed by atoms with Crippen LogP contribution < -0.4 is 10.0 Å². The summed E-state index contributed by atoms with van der Waals surface area (Å²) in [5, 5.41) is 2.29.